The first-order chi connectivity index (χ1) is 13.4. The van der Waals surface area contributed by atoms with Gasteiger partial charge in [0.2, 0.25) is 5.91 Å². The summed E-state index contributed by atoms with van der Waals surface area (Å²) in [7, 11) is 0. The highest BCUT2D eigenvalue weighted by Crippen LogP contribution is 2.23. The van der Waals surface area contributed by atoms with Crippen LogP contribution in [0.5, 0.6) is 0 Å². The number of amidine groups is 1. The predicted octanol–water partition coefficient (Wildman–Crippen LogP) is 2.95. The minimum atomic E-state index is -1.04. The standard InChI is InChI=1S/C20H17N3O4S/c1-12(24)15-3-2-4-16(9-15)14-7-5-13(6-8-14)11-21-23-20-22-19(27)17(28-20)10-18(25)26/h2-9,11,17H,10H2,1H3,(H,25,26)(H,22,23,27). The second kappa shape index (κ2) is 8.62. The van der Waals surface area contributed by atoms with Crippen LogP contribution in [0.1, 0.15) is 29.3 Å². The van der Waals surface area contributed by atoms with Crippen LogP contribution in [-0.2, 0) is 9.59 Å². The van der Waals surface area contributed by atoms with Gasteiger partial charge in [-0.25, -0.2) is 0 Å². The van der Waals surface area contributed by atoms with E-state index in [0.29, 0.717) is 5.56 Å². The molecule has 1 heterocycles. The molecule has 1 fully saturated rings. The molecule has 1 amide bonds. The number of carbonyl (C=O) groups excluding carboxylic acids is 2. The first-order valence-electron chi connectivity index (χ1n) is 8.44. The summed E-state index contributed by atoms with van der Waals surface area (Å²) >= 11 is 1.05. The molecule has 8 heteroatoms. The molecule has 1 atom stereocenters. The normalized spacial score (nSPS) is 17.8. The summed E-state index contributed by atoms with van der Waals surface area (Å²) in [6.07, 6.45) is 1.28. The Bertz CT molecular complexity index is 983. The lowest BCUT2D eigenvalue weighted by Gasteiger charge is -2.04. The van der Waals surface area contributed by atoms with Crippen molar-refractivity contribution in [3.63, 3.8) is 0 Å². The van der Waals surface area contributed by atoms with Crippen LogP contribution in [0, 0.1) is 0 Å². The van der Waals surface area contributed by atoms with Crippen LogP contribution in [0.4, 0.5) is 0 Å². The largest absolute Gasteiger partial charge is 0.481 e. The van der Waals surface area contributed by atoms with Crippen LogP contribution >= 0.6 is 11.8 Å². The van der Waals surface area contributed by atoms with Gasteiger partial charge in [0.1, 0.15) is 5.25 Å². The average Bonchev–Trinajstić information content (AvgIpc) is 3.01. The van der Waals surface area contributed by atoms with Gasteiger partial charge in [-0.2, -0.15) is 5.10 Å². The topological polar surface area (TPSA) is 108 Å². The maximum atomic E-state index is 11.6. The van der Waals surface area contributed by atoms with E-state index < -0.39 is 11.2 Å². The number of ketones is 1. The summed E-state index contributed by atoms with van der Waals surface area (Å²) in [5.74, 6) is -1.39. The van der Waals surface area contributed by atoms with Crippen molar-refractivity contribution in [3.05, 3.63) is 59.7 Å². The summed E-state index contributed by atoms with van der Waals surface area (Å²) in [6, 6.07) is 15.0. The number of hydrogen-bond donors (Lipinski definition) is 2. The van der Waals surface area contributed by atoms with Crippen molar-refractivity contribution in [3.8, 4) is 11.1 Å². The number of nitrogens with zero attached hydrogens (tertiary/aromatic N) is 2. The van der Waals surface area contributed by atoms with Crippen LogP contribution in [-0.4, -0.2) is 39.4 Å². The van der Waals surface area contributed by atoms with Crippen molar-refractivity contribution in [2.45, 2.75) is 18.6 Å². The highest BCUT2D eigenvalue weighted by Gasteiger charge is 2.32. The third kappa shape index (κ3) is 4.92. The smallest absolute Gasteiger partial charge is 0.305 e. The molecule has 1 saturated heterocycles. The summed E-state index contributed by atoms with van der Waals surface area (Å²) in [5.41, 5.74) is 3.40. The molecular formula is C20H17N3O4S. The molecule has 0 aliphatic carbocycles. The van der Waals surface area contributed by atoms with Gasteiger partial charge in [-0.3, -0.25) is 14.4 Å². The number of carboxylic acid groups (broad SMARTS) is 1. The zero-order chi connectivity index (χ0) is 20.1. The van der Waals surface area contributed by atoms with Crippen LogP contribution in [0.3, 0.4) is 0 Å². The van der Waals surface area contributed by atoms with Crippen molar-refractivity contribution in [2.75, 3.05) is 0 Å². The Kier molecular flexibility index (Phi) is 6.00. The molecule has 142 valence electrons. The number of Topliss-reactive ketones (excluding diaryl/α,β-unsaturated/α-hetero) is 1. The number of hydrogen-bond acceptors (Lipinski definition) is 6. The Hall–Kier alpha value is -3.26. The highest BCUT2D eigenvalue weighted by molar-refractivity contribution is 8.15. The highest BCUT2D eigenvalue weighted by atomic mass is 32.2. The van der Waals surface area contributed by atoms with Gasteiger partial charge in [-0.15, -0.1) is 5.10 Å². The fraction of sp³-hybridized carbons (Fsp3) is 0.150. The van der Waals surface area contributed by atoms with E-state index in [4.69, 9.17) is 5.11 Å². The maximum Gasteiger partial charge on any atom is 0.305 e. The van der Waals surface area contributed by atoms with E-state index in [-0.39, 0.29) is 23.3 Å². The summed E-state index contributed by atoms with van der Waals surface area (Å²) in [4.78, 5) is 33.9. The first kappa shape index (κ1) is 19.5. The van der Waals surface area contributed by atoms with Gasteiger partial charge < -0.3 is 10.4 Å². The van der Waals surface area contributed by atoms with Crippen molar-refractivity contribution >= 4 is 40.8 Å². The van der Waals surface area contributed by atoms with Gasteiger partial charge in [0.05, 0.1) is 12.6 Å². The van der Waals surface area contributed by atoms with E-state index in [1.165, 1.54) is 6.92 Å². The fourth-order valence-corrected chi connectivity index (χ4v) is 3.49. The quantitative estimate of drug-likeness (QED) is 0.444. The number of carboxylic acids is 1. The number of benzene rings is 2. The Morgan fingerprint density at radius 2 is 1.93 bits per heavy atom. The molecule has 0 aromatic heterocycles. The summed E-state index contributed by atoms with van der Waals surface area (Å²) in [5, 5.41) is 18.8. The van der Waals surface area contributed by atoms with Gasteiger partial charge >= 0.3 is 5.97 Å². The van der Waals surface area contributed by atoms with Crippen molar-refractivity contribution < 1.29 is 19.5 Å². The van der Waals surface area contributed by atoms with Gasteiger partial charge in [-0.05, 0) is 29.7 Å². The number of carbonyl (C=O) groups is 3. The molecule has 0 radical (unpaired) electrons. The Labute approximate surface area is 165 Å². The molecule has 1 aliphatic rings. The number of amides is 1. The van der Waals surface area contributed by atoms with Gasteiger partial charge in [0.25, 0.3) is 0 Å². The molecule has 2 aromatic rings. The van der Waals surface area contributed by atoms with E-state index in [0.717, 1.165) is 28.5 Å². The van der Waals surface area contributed by atoms with Crippen LogP contribution in [0.15, 0.2) is 58.7 Å². The van der Waals surface area contributed by atoms with E-state index in [1.54, 1.807) is 12.3 Å². The van der Waals surface area contributed by atoms with Crippen molar-refractivity contribution in [1.82, 2.24) is 5.32 Å². The second-order valence-corrected chi connectivity index (χ2v) is 7.29. The SMILES string of the molecule is CC(=O)c1cccc(-c2ccc(C=NN=C3NC(=O)C(CC(=O)O)S3)cc2)c1. The monoisotopic (exact) mass is 395 g/mol. The predicted molar refractivity (Wildman–Crippen MR) is 109 cm³/mol. The van der Waals surface area contributed by atoms with Gasteiger partial charge in [0, 0.05) is 5.56 Å². The molecule has 28 heavy (non-hydrogen) atoms. The third-order valence-electron chi connectivity index (χ3n) is 4.00. The van der Waals surface area contributed by atoms with Crippen molar-refractivity contribution in [2.24, 2.45) is 10.2 Å². The minimum absolute atomic E-state index is 0.0205. The second-order valence-electron chi connectivity index (χ2n) is 6.10. The van der Waals surface area contributed by atoms with Crippen LogP contribution in [0.25, 0.3) is 11.1 Å². The van der Waals surface area contributed by atoms with Crippen LogP contribution in [0.2, 0.25) is 0 Å². The molecule has 0 spiro atoms. The molecule has 0 saturated carbocycles. The van der Waals surface area contributed by atoms with Gasteiger partial charge in [0.15, 0.2) is 11.0 Å². The van der Waals surface area contributed by atoms with Crippen LogP contribution < -0.4 is 5.32 Å². The number of rotatable bonds is 6. The molecule has 2 N–H and O–H groups in total. The maximum absolute atomic E-state index is 11.6. The fourth-order valence-electron chi connectivity index (χ4n) is 2.57. The van der Waals surface area contributed by atoms with E-state index in [2.05, 4.69) is 15.5 Å². The molecule has 0 bridgehead atoms. The number of thioether (sulfide) groups is 1. The first-order valence-corrected chi connectivity index (χ1v) is 9.32. The molecule has 3 rings (SSSR count). The lowest BCUT2D eigenvalue weighted by atomic mass is 10.0. The zero-order valence-corrected chi connectivity index (χ0v) is 15.8. The van der Waals surface area contributed by atoms with E-state index >= 15 is 0 Å². The Morgan fingerprint density at radius 3 is 2.61 bits per heavy atom. The summed E-state index contributed by atoms with van der Waals surface area (Å²) in [6.45, 7) is 1.54. The minimum Gasteiger partial charge on any atom is -0.481 e. The Morgan fingerprint density at radius 1 is 1.18 bits per heavy atom. The van der Waals surface area contributed by atoms with Crippen molar-refractivity contribution in [1.29, 1.82) is 0 Å². The molecule has 2 aromatic carbocycles. The van der Waals surface area contributed by atoms with E-state index in [1.807, 2.05) is 42.5 Å². The molecular weight excluding hydrogens is 378 g/mol. The zero-order valence-electron chi connectivity index (χ0n) is 15.0. The lowest BCUT2D eigenvalue weighted by molar-refractivity contribution is -0.138. The molecule has 1 unspecified atom stereocenters. The lowest BCUT2D eigenvalue weighted by Crippen LogP contribution is -2.26. The summed E-state index contributed by atoms with van der Waals surface area (Å²) < 4.78 is 0. The average molecular weight is 395 g/mol. The van der Waals surface area contributed by atoms with E-state index in [9.17, 15) is 14.4 Å². The molecule has 1 aliphatic heterocycles. The third-order valence-corrected chi connectivity index (χ3v) is 5.08. The Balaban J connectivity index is 1.66. The van der Waals surface area contributed by atoms with Gasteiger partial charge in [-0.1, -0.05) is 54.2 Å². The number of nitrogens with one attached hydrogen (secondary N) is 1. The number of aliphatic carboxylic acids is 1. The molecule has 7 nitrogen and oxygen atoms in total.